The molecule has 9 heteroatoms. The van der Waals surface area contributed by atoms with Gasteiger partial charge in [-0.25, -0.2) is 4.68 Å². The Labute approximate surface area is 173 Å². The SMILES string of the molecule is CCCCn1c(-c2ccc(Cl)cc2)nn(CCC(=O)Nc2cnn(C)c2)c1=S. The molecule has 0 saturated heterocycles. The van der Waals surface area contributed by atoms with E-state index in [1.54, 1.807) is 28.8 Å². The van der Waals surface area contributed by atoms with E-state index in [4.69, 9.17) is 23.8 Å². The normalized spacial score (nSPS) is 11.0. The number of amides is 1. The number of carbonyl (C=O) groups is 1. The number of unbranched alkanes of at least 4 members (excludes halogenated alkanes) is 1. The summed E-state index contributed by atoms with van der Waals surface area (Å²) >= 11 is 11.6. The molecule has 0 aliphatic heterocycles. The zero-order valence-electron chi connectivity index (χ0n) is 15.9. The Bertz CT molecular complexity index is 1000. The van der Waals surface area contributed by atoms with E-state index >= 15 is 0 Å². The van der Waals surface area contributed by atoms with Crippen LogP contribution in [0.15, 0.2) is 36.7 Å². The van der Waals surface area contributed by atoms with Gasteiger partial charge in [0, 0.05) is 36.8 Å². The van der Waals surface area contributed by atoms with Crippen molar-refractivity contribution in [1.29, 1.82) is 0 Å². The minimum absolute atomic E-state index is 0.106. The maximum absolute atomic E-state index is 12.2. The van der Waals surface area contributed by atoms with Gasteiger partial charge in [-0.05, 0) is 42.9 Å². The summed E-state index contributed by atoms with van der Waals surface area (Å²) in [6.45, 7) is 3.33. The maximum atomic E-state index is 12.2. The van der Waals surface area contributed by atoms with E-state index in [-0.39, 0.29) is 12.3 Å². The topological polar surface area (TPSA) is 69.7 Å². The van der Waals surface area contributed by atoms with Crippen LogP contribution in [0.1, 0.15) is 26.2 Å². The Kier molecular flexibility index (Phi) is 6.64. The zero-order valence-corrected chi connectivity index (χ0v) is 17.5. The first kappa shape index (κ1) is 20.3. The molecule has 3 rings (SSSR count). The van der Waals surface area contributed by atoms with Crippen molar-refractivity contribution in [3.05, 3.63) is 46.5 Å². The molecular weight excluding hydrogens is 396 g/mol. The Balaban J connectivity index is 1.77. The second-order valence-corrected chi connectivity index (χ2v) is 7.34. The number of aryl methyl sites for hydroxylation is 2. The average molecular weight is 419 g/mol. The second kappa shape index (κ2) is 9.16. The third kappa shape index (κ3) is 4.88. The first-order valence-corrected chi connectivity index (χ1v) is 9.98. The van der Waals surface area contributed by atoms with Crippen LogP contribution < -0.4 is 5.32 Å². The van der Waals surface area contributed by atoms with Crippen LogP contribution in [0.2, 0.25) is 5.02 Å². The first-order valence-electron chi connectivity index (χ1n) is 9.20. The van der Waals surface area contributed by atoms with Gasteiger partial charge in [0.2, 0.25) is 5.91 Å². The van der Waals surface area contributed by atoms with Gasteiger partial charge < -0.3 is 5.32 Å². The van der Waals surface area contributed by atoms with Crippen LogP contribution in [0, 0.1) is 4.77 Å². The molecule has 1 aromatic carbocycles. The van der Waals surface area contributed by atoms with Crippen molar-refractivity contribution in [2.75, 3.05) is 5.32 Å². The molecule has 0 unspecified atom stereocenters. The molecule has 0 bridgehead atoms. The van der Waals surface area contributed by atoms with Gasteiger partial charge in [-0.15, -0.1) is 0 Å². The fraction of sp³-hybridized carbons (Fsp3) is 0.368. The quantitative estimate of drug-likeness (QED) is 0.554. The summed E-state index contributed by atoms with van der Waals surface area (Å²) in [7, 11) is 1.80. The molecule has 148 valence electrons. The molecule has 1 N–H and O–H groups in total. The highest BCUT2D eigenvalue weighted by Crippen LogP contribution is 2.21. The number of halogens is 1. The average Bonchev–Trinajstić information content (AvgIpc) is 3.22. The third-order valence-electron chi connectivity index (χ3n) is 4.30. The minimum Gasteiger partial charge on any atom is -0.323 e. The van der Waals surface area contributed by atoms with Gasteiger partial charge in [0.25, 0.3) is 0 Å². The van der Waals surface area contributed by atoms with Gasteiger partial charge in [0.05, 0.1) is 18.4 Å². The lowest BCUT2D eigenvalue weighted by Crippen LogP contribution is -2.15. The van der Waals surface area contributed by atoms with E-state index in [0.29, 0.717) is 22.0 Å². The maximum Gasteiger partial charge on any atom is 0.226 e. The third-order valence-corrected chi connectivity index (χ3v) is 4.98. The number of rotatable bonds is 8. The molecule has 3 aromatic rings. The van der Waals surface area contributed by atoms with Crippen LogP contribution in [0.4, 0.5) is 5.69 Å². The summed E-state index contributed by atoms with van der Waals surface area (Å²) in [6, 6.07) is 7.54. The van der Waals surface area contributed by atoms with E-state index in [9.17, 15) is 4.79 Å². The molecule has 0 spiro atoms. The van der Waals surface area contributed by atoms with Gasteiger partial charge in [-0.3, -0.25) is 14.0 Å². The number of nitrogens with one attached hydrogen (secondary N) is 1. The van der Waals surface area contributed by atoms with E-state index < -0.39 is 0 Å². The van der Waals surface area contributed by atoms with Crippen molar-refractivity contribution in [2.45, 2.75) is 39.3 Å². The van der Waals surface area contributed by atoms with Crippen LogP contribution in [-0.2, 0) is 24.9 Å². The van der Waals surface area contributed by atoms with Gasteiger partial charge in [0.1, 0.15) is 0 Å². The molecule has 1 amide bonds. The number of benzene rings is 1. The van der Waals surface area contributed by atoms with Gasteiger partial charge >= 0.3 is 0 Å². The highest BCUT2D eigenvalue weighted by molar-refractivity contribution is 7.71. The molecule has 0 aliphatic rings. The first-order chi connectivity index (χ1) is 13.5. The van der Waals surface area contributed by atoms with Crippen molar-refractivity contribution >= 4 is 35.4 Å². The minimum atomic E-state index is -0.106. The zero-order chi connectivity index (χ0) is 20.1. The number of hydrogen-bond acceptors (Lipinski definition) is 4. The lowest BCUT2D eigenvalue weighted by atomic mass is 10.2. The molecule has 7 nitrogen and oxygen atoms in total. The fourth-order valence-electron chi connectivity index (χ4n) is 2.83. The van der Waals surface area contributed by atoms with Crippen LogP contribution in [0.5, 0.6) is 0 Å². The highest BCUT2D eigenvalue weighted by atomic mass is 35.5. The van der Waals surface area contributed by atoms with Crippen molar-refractivity contribution in [2.24, 2.45) is 7.05 Å². The van der Waals surface area contributed by atoms with Crippen LogP contribution >= 0.6 is 23.8 Å². The van der Waals surface area contributed by atoms with Crippen LogP contribution in [-0.4, -0.2) is 30.0 Å². The molecule has 2 heterocycles. The van der Waals surface area contributed by atoms with Crippen molar-refractivity contribution in [3.8, 4) is 11.4 Å². The Morgan fingerprint density at radius 1 is 1.25 bits per heavy atom. The molecule has 0 aliphatic carbocycles. The van der Waals surface area contributed by atoms with Crippen molar-refractivity contribution in [3.63, 3.8) is 0 Å². The Hall–Kier alpha value is -2.45. The van der Waals surface area contributed by atoms with Crippen LogP contribution in [0.25, 0.3) is 11.4 Å². The molecule has 0 fully saturated rings. The van der Waals surface area contributed by atoms with Gasteiger partial charge in [0.15, 0.2) is 10.6 Å². The lowest BCUT2D eigenvalue weighted by molar-refractivity contribution is -0.116. The second-order valence-electron chi connectivity index (χ2n) is 6.54. The number of hydrogen-bond donors (Lipinski definition) is 1. The molecule has 2 aromatic heterocycles. The van der Waals surface area contributed by atoms with E-state index in [1.165, 1.54) is 0 Å². The van der Waals surface area contributed by atoms with E-state index in [2.05, 4.69) is 22.4 Å². The van der Waals surface area contributed by atoms with Gasteiger partial charge in [-0.1, -0.05) is 24.9 Å². The smallest absolute Gasteiger partial charge is 0.226 e. The van der Waals surface area contributed by atoms with Crippen molar-refractivity contribution in [1.82, 2.24) is 24.1 Å². The number of carbonyl (C=O) groups excluding carboxylic acids is 1. The predicted octanol–water partition coefficient (Wildman–Crippen LogP) is 4.30. The summed E-state index contributed by atoms with van der Waals surface area (Å²) in [4.78, 5) is 12.2. The lowest BCUT2D eigenvalue weighted by Gasteiger charge is -2.05. The Morgan fingerprint density at radius 3 is 2.64 bits per heavy atom. The highest BCUT2D eigenvalue weighted by Gasteiger charge is 2.14. The van der Waals surface area contributed by atoms with E-state index in [0.717, 1.165) is 30.8 Å². The fourth-order valence-corrected chi connectivity index (χ4v) is 3.27. The summed E-state index contributed by atoms with van der Waals surface area (Å²) in [6.07, 6.45) is 5.69. The molecule has 0 saturated carbocycles. The summed E-state index contributed by atoms with van der Waals surface area (Å²) in [5.74, 6) is 0.689. The number of aromatic nitrogens is 5. The molecular formula is C19H23ClN6OS. The molecule has 28 heavy (non-hydrogen) atoms. The van der Waals surface area contributed by atoms with Crippen molar-refractivity contribution < 1.29 is 4.79 Å². The molecule has 0 radical (unpaired) electrons. The molecule has 0 atom stereocenters. The predicted molar refractivity (Wildman–Crippen MR) is 113 cm³/mol. The van der Waals surface area contributed by atoms with E-state index in [1.807, 2.05) is 28.8 Å². The van der Waals surface area contributed by atoms with Gasteiger partial charge in [-0.2, -0.15) is 10.2 Å². The summed E-state index contributed by atoms with van der Waals surface area (Å²) < 4.78 is 6.01. The summed E-state index contributed by atoms with van der Waals surface area (Å²) in [5, 5.41) is 12.2. The summed E-state index contributed by atoms with van der Waals surface area (Å²) in [5.41, 5.74) is 1.62. The largest absolute Gasteiger partial charge is 0.323 e. The Morgan fingerprint density at radius 2 is 2.00 bits per heavy atom. The van der Waals surface area contributed by atoms with Crippen LogP contribution in [0.3, 0.4) is 0 Å². The number of anilines is 1. The standard InChI is InChI=1S/C19H23ClN6OS/c1-3-4-10-25-18(14-5-7-15(20)8-6-14)23-26(19(25)28)11-9-17(27)22-16-12-21-24(2)13-16/h5-8,12-13H,3-4,9-11H2,1-2H3,(H,22,27). The number of nitrogens with zero attached hydrogens (tertiary/aromatic N) is 5. The monoisotopic (exact) mass is 418 g/mol.